The number of hydrogen-bond donors (Lipinski definition) is 0. The molecule has 1 amide bonds. The van der Waals surface area contributed by atoms with Crippen LogP contribution in [0.5, 0.6) is 0 Å². The maximum Gasteiger partial charge on any atom is 0.253 e. The van der Waals surface area contributed by atoms with E-state index >= 15 is 0 Å². The molecule has 1 aliphatic rings. The lowest BCUT2D eigenvalue weighted by Gasteiger charge is -2.30. The van der Waals surface area contributed by atoms with Crippen LogP contribution in [0.2, 0.25) is 0 Å². The van der Waals surface area contributed by atoms with Crippen molar-refractivity contribution in [2.45, 2.75) is 13.3 Å². The molecule has 1 aromatic heterocycles. The van der Waals surface area contributed by atoms with Gasteiger partial charge in [-0.15, -0.1) is 10.2 Å². The summed E-state index contributed by atoms with van der Waals surface area (Å²) < 4.78 is 5.76. The zero-order valence-electron chi connectivity index (χ0n) is 13.4. The molecule has 0 atom stereocenters. The van der Waals surface area contributed by atoms with Gasteiger partial charge in [-0.2, -0.15) is 0 Å². The SMILES string of the molecule is Cc1ccc(-c2nnc(-c3ccc(C(=O)N4CCC4)cc3)o2)cc1. The lowest BCUT2D eigenvalue weighted by molar-refractivity contribution is 0.0652. The zero-order chi connectivity index (χ0) is 16.5. The van der Waals surface area contributed by atoms with Crippen LogP contribution in [0, 0.1) is 6.92 Å². The lowest BCUT2D eigenvalue weighted by Crippen LogP contribution is -2.41. The van der Waals surface area contributed by atoms with Gasteiger partial charge >= 0.3 is 0 Å². The minimum absolute atomic E-state index is 0.0821. The van der Waals surface area contributed by atoms with Crippen molar-refractivity contribution in [3.8, 4) is 22.9 Å². The largest absolute Gasteiger partial charge is 0.416 e. The number of aryl methyl sites for hydroxylation is 1. The minimum Gasteiger partial charge on any atom is -0.416 e. The summed E-state index contributed by atoms with van der Waals surface area (Å²) in [5.41, 5.74) is 3.57. The second-order valence-corrected chi connectivity index (χ2v) is 6.00. The van der Waals surface area contributed by atoms with E-state index in [1.165, 1.54) is 5.56 Å². The molecule has 0 aliphatic carbocycles. The Hall–Kier alpha value is -2.95. The van der Waals surface area contributed by atoms with E-state index in [-0.39, 0.29) is 5.91 Å². The second kappa shape index (κ2) is 5.92. The number of amides is 1. The van der Waals surface area contributed by atoms with Gasteiger partial charge in [0.1, 0.15) is 0 Å². The molecule has 5 nitrogen and oxygen atoms in total. The van der Waals surface area contributed by atoms with Crippen molar-refractivity contribution in [2.75, 3.05) is 13.1 Å². The predicted octanol–water partition coefficient (Wildman–Crippen LogP) is 3.56. The highest BCUT2D eigenvalue weighted by molar-refractivity contribution is 5.95. The summed E-state index contributed by atoms with van der Waals surface area (Å²) in [5.74, 6) is 1.03. The molecule has 120 valence electrons. The summed E-state index contributed by atoms with van der Waals surface area (Å²) in [6.07, 6.45) is 1.09. The number of aromatic nitrogens is 2. The van der Waals surface area contributed by atoms with Crippen molar-refractivity contribution < 1.29 is 9.21 Å². The highest BCUT2D eigenvalue weighted by Crippen LogP contribution is 2.24. The first-order chi connectivity index (χ1) is 11.7. The molecule has 1 saturated heterocycles. The van der Waals surface area contributed by atoms with Gasteiger partial charge in [-0.1, -0.05) is 17.7 Å². The Morgan fingerprint density at radius 3 is 1.96 bits per heavy atom. The van der Waals surface area contributed by atoms with Gasteiger partial charge < -0.3 is 9.32 Å². The normalized spacial score (nSPS) is 13.6. The Morgan fingerprint density at radius 2 is 1.46 bits per heavy atom. The maximum atomic E-state index is 12.2. The monoisotopic (exact) mass is 319 g/mol. The van der Waals surface area contributed by atoms with Crippen molar-refractivity contribution in [2.24, 2.45) is 0 Å². The molecule has 1 fully saturated rings. The van der Waals surface area contributed by atoms with Crippen molar-refractivity contribution in [1.82, 2.24) is 15.1 Å². The smallest absolute Gasteiger partial charge is 0.253 e. The van der Waals surface area contributed by atoms with Gasteiger partial charge in [0.15, 0.2) is 0 Å². The van der Waals surface area contributed by atoms with Crippen LogP contribution in [0.1, 0.15) is 22.3 Å². The van der Waals surface area contributed by atoms with E-state index < -0.39 is 0 Å². The molecule has 4 rings (SSSR count). The van der Waals surface area contributed by atoms with Gasteiger partial charge in [-0.3, -0.25) is 4.79 Å². The lowest BCUT2D eigenvalue weighted by atomic mass is 10.1. The molecule has 0 N–H and O–H groups in total. The van der Waals surface area contributed by atoms with E-state index in [4.69, 9.17) is 4.42 Å². The number of carbonyl (C=O) groups is 1. The summed E-state index contributed by atoms with van der Waals surface area (Å²) in [4.78, 5) is 14.0. The molecular formula is C19H17N3O2. The third kappa shape index (κ3) is 2.69. The second-order valence-electron chi connectivity index (χ2n) is 6.00. The van der Waals surface area contributed by atoms with Crippen LogP contribution in [0.25, 0.3) is 22.9 Å². The summed E-state index contributed by atoms with van der Waals surface area (Å²) in [7, 11) is 0. The van der Waals surface area contributed by atoms with Gasteiger partial charge in [0, 0.05) is 29.8 Å². The molecule has 1 aliphatic heterocycles. The van der Waals surface area contributed by atoms with Crippen LogP contribution < -0.4 is 0 Å². The van der Waals surface area contributed by atoms with Crippen molar-refractivity contribution in [3.63, 3.8) is 0 Å². The highest BCUT2D eigenvalue weighted by atomic mass is 16.4. The third-order valence-electron chi connectivity index (χ3n) is 4.25. The van der Waals surface area contributed by atoms with E-state index in [1.807, 2.05) is 60.4 Å². The van der Waals surface area contributed by atoms with Crippen LogP contribution in [-0.2, 0) is 0 Å². The van der Waals surface area contributed by atoms with E-state index in [9.17, 15) is 4.79 Å². The van der Waals surface area contributed by atoms with Crippen molar-refractivity contribution in [1.29, 1.82) is 0 Å². The minimum atomic E-state index is 0.0821. The van der Waals surface area contributed by atoms with Gasteiger partial charge in [0.05, 0.1) is 0 Å². The first-order valence-electron chi connectivity index (χ1n) is 8.01. The number of rotatable bonds is 3. The molecule has 0 saturated carbocycles. The first kappa shape index (κ1) is 14.6. The fourth-order valence-corrected chi connectivity index (χ4v) is 2.61. The zero-order valence-corrected chi connectivity index (χ0v) is 13.4. The van der Waals surface area contributed by atoms with Crippen LogP contribution >= 0.6 is 0 Å². The number of likely N-dealkylation sites (tertiary alicyclic amines) is 1. The Labute approximate surface area is 139 Å². The van der Waals surface area contributed by atoms with E-state index in [1.54, 1.807) is 0 Å². The fourth-order valence-electron chi connectivity index (χ4n) is 2.61. The standard InChI is InChI=1S/C19H17N3O2/c1-13-3-5-14(6-4-13)17-20-21-18(24-17)15-7-9-16(10-8-15)19(23)22-11-2-12-22/h3-10H,2,11-12H2,1H3. The quantitative estimate of drug-likeness (QED) is 0.740. The van der Waals surface area contributed by atoms with Crippen LogP contribution in [0.15, 0.2) is 52.9 Å². The molecule has 3 aromatic rings. The average Bonchev–Trinajstić information content (AvgIpc) is 3.04. The number of hydrogen-bond acceptors (Lipinski definition) is 4. The van der Waals surface area contributed by atoms with Gasteiger partial charge in [-0.05, 0) is 49.7 Å². The Bertz CT molecular complexity index is 862. The maximum absolute atomic E-state index is 12.2. The molecule has 5 heteroatoms. The van der Waals surface area contributed by atoms with Crippen LogP contribution in [0.4, 0.5) is 0 Å². The summed E-state index contributed by atoms with van der Waals surface area (Å²) in [6, 6.07) is 15.3. The highest BCUT2D eigenvalue weighted by Gasteiger charge is 2.21. The van der Waals surface area contributed by atoms with Gasteiger partial charge in [-0.25, -0.2) is 0 Å². The third-order valence-corrected chi connectivity index (χ3v) is 4.25. The average molecular weight is 319 g/mol. The first-order valence-corrected chi connectivity index (χ1v) is 8.01. The van der Waals surface area contributed by atoms with E-state index in [0.29, 0.717) is 17.3 Å². The molecule has 2 aromatic carbocycles. The molecule has 0 radical (unpaired) electrons. The Balaban J connectivity index is 1.55. The van der Waals surface area contributed by atoms with Crippen molar-refractivity contribution in [3.05, 3.63) is 59.7 Å². The molecule has 24 heavy (non-hydrogen) atoms. The van der Waals surface area contributed by atoms with Gasteiger partial charge in [0.2, 0.25) is 11.8 Å². The number of carbonyl (C=O) groups excluding carboxylic acids is 1. The van der Waals surface area contributed by atoms with Crippen molar-refractivity contribution >= 4 is 5.91 Å². The van der Waals surface area contributed by atoms with Crippen LogP contribution in [-0.4, -0.2) is 34.1 Å². The summed E-state index contributed by atoms with van der Waals surface area (Å²) in [5, 5.41) is 8.22. The number of nitrogens with zero attached hydrogens (tertiary/aromatic N) is 3. The summed E-state index contributed by atoms with van der Waals surface area (Å²) in [6.45, 7) is 3.74. The predicted molar refractivity (Wildman–Crippen MR) is 90.4 cm³/mol. The molecule has 0 spiro atoms. The van der Waals surface area contributed by atoms with E-state index in [0.717, 1.165) is 30.6 Å². The molecular weight excluding hydrogens is 302 g/mol. The molecule has 0 bridgehead atoms. The Kier molecular flexibility index (Phi) is 3.61. The topological polar surface area (TPSA) is 59.2 Å². The fraction of sp³-hybridized carbons (Fsp3) is 0.211. The number of benzene rings is 2. The summed E-state index contributed by atoms with van der Waals surface area (Å²) >= 11 is 0. The van der Waals surface area contributed by atoms with E-state index in [2.05, 4.69) is 10.2 Å². The molecule has 2 heterocycles. The molecule has 0 unspecified atom stereocenters. The van der Waals surface area contributed by atoms with Gasteiger partial charge in [0.25, 0.3) is 5.91 Å². The Morgan fingerprint density at radius 1 is 0.917 bits per heavy atom. The van der Waals surface area contributed by atoms with Crippen LogP contribution in [0.3, 0.4) is 0 Å².